The number of amides is 1. The van der Waals surface area contributed by atoms with E-state index < -0.39 is 10.8 Å². The number of nitrogens with zero attached hydrogens (tertiary/aromatic N) is 3. The molecule has 7 nitrogen and oxygen atoms in total. The van der Waals surface area contributed by atoms with Gasteiger partial charge in [0.15, 0.2) is 5.82 Å². The summed E-state index contributed by atoms with van der Waals surface area (Å²) in [5.74, 6) is -0.495. The fraction of sp³-hybridized carbons (Fsp3) is 0.0588. The lowest BCUT2D eigenvalue weighted by molar-refractivity contribution is -0.384. The molecule has 0 atom stereocenters. The number of hydrogen-bond acceptors (Lipinski definition) is 4. The molecule has 1 heterocycles. The summed E-state index contributed by atoms with van der Waals surface area (Å²) in [4.78, 5) is 22.7. The van der Waals surface area contributed by atoms with E-state index in [9.17, 15) is 14.9 Å². The first-order valence-electron chi connectivity index (χ1n) is 7.67. The number of nitro groups is 1. The van der Waals surface area contributed by atoms with E-state index in [4.69, 9.17) is 46.4 Å². The SMILES string of the molecule is O=C(Nc1nn(Cc2ccc(Cl)c(Cl)c2)cc1Cl)c1ccc(Cl)c([N+](=O)[O-])c1. The van der Waals surface area contributed by atoms with Gasteiger partial charge in [0.05, 0.1) is 21.5 Å². The van der Waals surface area contributed by atoms with Crippen LogP contribution in [0.3, 0.4) is 0 Å². The molecule has 0 spiro atoms. The zero-order chi connectivity index (χ0) is 20.4. The molecule has 11 heteroatoms. The number of nitro benzene ring substituents is 1. The van der Waals surface area contributed by atoms with E-state index in [-0.39, 0.29) is 27.1 Å². The topological polar surface area (TPSA) is 90.1 Å². The third-order valence-electron chi connectivity index (χ3n) is 3.68. The number of nitrogens with one attached hydrogen (secondary N) is 1. The Kier molecular flexibility index (Phi) is 6.10. The van der Waals surface area contributed by atoms with Gasteiger partial charge in [0.25, 0.3) is 11.6 Å². The summed E-state index contributed by atoms with van der Waals surface area (Å²) < 4.78 is 1.52. The monoisotopic (exact) mass is 458 g/mol. The van der Waals surface area contributed by atoms with Gasteiger partial charge in [-0.25, -0.2) is 0 Å². The van der Waals surface area contributed by atoms with Gasteiger partial charge >= 0.3 is 0 Å². The van der Waals surface area contributed by atoms with Crippen LogP contribution in [0.4, 0.5) is 11.5 Å². The molecule has 0 saturated heterocycles. The highest BCUT2D eigenvalue weighted by molar-refractivity contribution is 6.42. The fourth-order valence-electron chi connectivity index (χ4n) is 2.36. The van der Waals surface area contributed by atoms with Crippen LogP contribution < -0.4 is 5.32 Å². The largest absolute Gasteiger partial charge is 0.304 e. The van der Waals surface area contributed by atoms with Crippen LogP contribution in [0.2, 0.25) is 20.1 Å². The van der Waals surface area contributed by atoms with E-state index in [0.29, 0.717) is 16.6 Å². The van der Waals surface area contributed by atoms with Crippen molar-refractivity contribution in [3.8, 4) is 0 Å². The van der Waals surface area contributed by atoms with Crippen molar-refractivity contribution in [3.63, 3.8) is 0 Å². The van der Waals surface area contributed by atoms with Crippen molar-refractivity contribution >= 4 is 63.8 Å². The first-order valence-corrected chi connectivity index (χ1v) is 9.18. The number of anilines is 1. The van der Waals surface area contributed by atoms with E-state index in [1.54, 1.807) is 18.2 Å². The molecule has 28 heavy (non-hydrogen) atoms. The molecule has 0 fully saturated rings. The van der Waals surface area contributed by atoms with Crippen LogP contribution in [0.15, 0.2) is 42.6 Å². The van der Waals surface area contributed by atoms with Crippen molar-refractivity contribution in [2.24, 2.45) is 0 Å². The molecule has 2 aromatic carbocycles. The normalized spacial score (nSPS) is 10.7. The van der Waals surface area contributed by atoms with Gasteiger partial charge in [0, 0.05) is 17.8 Å². The minimum Gasteiger partial charge on any atom is -0.304 e. The molecule has 0 aliphatic carbocycles. The van der Waals surface area contributed by atoms with Gasteiger partial charge in [0.2, 0.25) is 0 Å². The third-order valence-corrected chi connectivity index (χ3v) is 5.02. The average molecular weight is 460 g/mol. The second kappa shape index (κ2) is 8.36. The molecular formula is C17H10Cl4N4O3. The van der Waals surface area contributed by atoms with Crippen LogP contribution in [0.5, 0.6) is 0 Å². The van der Waals surface area contributed by atoms with Gasteiger partial charge in [0.1, 0.15) is 10.0 Å². The first kappa shape index (κ1) is 20.4. The Morgan fingerprint density at radius 2 is 1.75 bits per heavy atom. The molecule has 144 valence electrons. The molecule has 0 aliphatic heterocycles. The van der Waals surface area contributed by atoms with Gasteiger partial charge in [-0.2, -0.15) is 5.10 Å². The molecule has 0 unspecified atom stereocenters. The number of benzene rings is 2. The van der Waals surface area contributed by atoms with Crippen LogP contribution in [-0.2, 0) is 6.54 Å². The highest BCUT2D eigenvalue weighted by atomic mass is 35.5. The molecule has 1 aromatic heterocycles. The average Bonchev–Trinajstić information content (AvgIpc) is 2.97. The summed E-state index contributed by atoms with van der Waals surface area (Å²) in [7, 11) is 0. The van der Waals surface area contributed by atoms with E-state index >= 15 is 0 Å². The van der Waals surface area contributed by atoms with Crippen LogP contribution in [0.25, 0.3) is 0 Å². The predicted molar refractivity (Wildman–Crippen MR) is 109 cm³/mol. The molecule has 1 amide bonds. The van der Waals surface area contributed by atoms with Crippen LogP contribution in [0, 0.1) is 10.1 Å². The Balaban J connectivity index is 1.78. The summed E-state index contributed by atoms with van der Waals surface area (Å²) >= 11 is 23.8. The number of aromatic nitrogens is 2. The van der Waals surface area contributed by atoms with E-state index in [1.165, 1.54) is 23.0 Å². The summed E-state index contributed by atoms with van der Waals surface area (Å²) in [6.45, 7) is 0.346. The van der Waals surface area contributed by atoms with Crippen molar-refractivity contribution in [2.75, 3.05) is 5.32 Å². The van der Waals surface area contributed by atoms with Crippen molar-refractivity contribution in [1.82, 2.24) is 9.78 Å². The van der Waals surface area contributed by atoms with Gasteiger partial charge in [-0.15, -0.1) is 0 Å². The lowest BCUT2D eigenvalue weighted by Gasteiger charge is -2.05. The van der Waals surface area contributed by atoms with Crippen LogP contribution in [-0.4, -0.2) is 20.6 Å². The summed E-state index contributed by atoms with van der Waals surface area (Å²) in [5, 5.41) is 18.7. The Hall–Kier alpha value is -2.32. The summed E-state index contributed by atoms with van der Waals surface area (Å²) in [6.07, 6.45) is 1.53. The quantitative estimate of drug-likeness (QED) is 0.391. The Morgan fingerprint density at radius 1 is 1.04 bits per heavy atom. The first-order chi connectivity index (χ1) is 13.2. The van der Waals surface area contributed by atoms with E-state index in [1.807, 2.05) is 0 Å². The maximum Gasteiger partial charge on any atom is 0.288 e. The predicted octanol–water partition coefficient (Wildman–Crippen LogP) is 5.71. The van der Waals surface area contributed by atoms with Gasteiger partial charge in [-0.3, -0.25) is 19.6 Å². The third kappa shape index (κ3) is 4.56. The maximum atomic E-state index is 12.4. The second-order valence-corrected chi connectivity index (χ2v) is 7.28. The van der Waals surface area contributed by atoms with Crippen LogP contribution in [0.1, 0.15) is 15.9 Å². The number of carbonyl (C=O) groups is 1. The molecule has 0 bridgehead atoms. The van der Waals surface area contributed by atoms with Crippen molar-refractivity contribution in [2.45, 2.75) is 6.54 Å². The van der Waals surface area contributed by atoms with Crippen molar-refractivity contribution in [3.05, 3.63) is 83.9 Å². The maximum absolute atomic E-state index is 12.4. The molecule has 0 saturated carbocycles. The number of hydrogen-bond donors (Lipinski definition) is 1. The number of halogens is 4. The molecule has 0 radical (unpaired) electrons. The number of carbonyl (C=O) groups excluding carboxylic acids is 1. The lowest BCUT2D eigenvalue weighted by atomic mass is 10.2. The minimum atomic E-state index is -0.669. The smallest absolute Gasteiger partial charge is 0.288 e. The minimum absolute atomic E-state index is 0.0474. The van der Waals surface area contributed by atoms with E-state index in [2.05, 4.69) is 10.4 Å². The summed E-state index contributed by atoms with van der Waals surface area (Å²) in [5.41, 5.74) is 0.511. The van der Waals surface area contributed by atoms with Crippen molar-refractivity contribution in [1.29, 1.82) is 0 Å². The standard InChI is InChI=1S/C17H10Cl4N4O3/c18-11-3-1-9(5-13(11)20)7-24-8-14(21)16(23-24)22-17(26)10-2-4-12(19)15(6-10)25(27)28/h1-6,8H,7H2,(H,22,23,26). The Morgan fingerprint density at radius 3 is 2.43 bits per heavy atom. The van der Waals surface area contributed by atoms with E-state index in [0.717, 1.165) is 11.6 Å². The fourth-order valence-corrected chi connectivity index (χ4v) is 3.07. The van der Waals surface area contributed by atoms with Gasteiger partial charge in [-0.05, 0) is 29.8 Å². The van der Waals surface area contributed by atoms with Gasteiger partial charge < -0.3 is 5.32 Å². The molecule has 3 rings (SSSR count). The van der Waals surface area contributed by atoms with Crippen LogP contribution >= 0.6 is 46.4 Å². The highest BCUT2D eigenvalue weighted by Crippen LogP contribution is 2.27. The molecular weight excluding hydrogens is 450 g/mol. The second-order valence-electron chi connectivity index (χ2n) is 5.65. The Bertz CT molecular complexity index is 1080. The highest BCUT2D eigenvalue weighted by Gasteiger charge is 2.18. The summed E-state index contributed by atoms with van der Waals surface area (Å²) in [6, 6.07) is 8.88. The Labute approximate surface area is 178 Å². The molecule has 0 aliphatic rings. The zero-order valence-electron chi connectivity index (χ0n) is 13.8. The molecule has 3 aromatic rings. The van der Waals surface area contributed by atoms with Gasteiger partial charge in [-0.1, -0.05) is 52.5 Å². The van der Waals surface area contributed by atoms with Crippen molar-refractivity contribution < 1.29 is 9.72 Å². The molecule has 1 N–H and O–H groups in total. The lowest BCUT2D eigenvalue weighted by Crippen LogP contribution is -2.13. The number of rotatable bonds is 5. The zero-order valence-corrected chi connectivity index (χ0v) is 16.9.